The number of rotatable bonds is 3. The summed E-state index contributed by atoms with van der Waals surface area (Å²) in [6.45, 7) is 0. The molecular weight excluding hydrogens is 723 g/mol. The van der Waals surface area contributed by atoms with Crippen molar-refractivity contribution in [2.24, 2.45) is 23.7 Å². The summed E-state index contributed by atoms with van der Waals surface area (Å²) < 4.78 is 3.79. The number of hydrogen-bond donors (Lipinski definition) is 0. The van der Waals surface area contributed by atoms with E-state index in [1.54, 1.807) is 22.5 Å². The molecule has 0 unspecified atom stereocenters. The molecule has 3 nitrogen and oxygen atoms in total. The monoisotopic (exact) mass is 761 g/mol. The van der Waals surface area contributed by atoms with Gasteiger partial charge in [-0.15, -0.1) is 11.3 Å². The maximum Gasteiger partial charge on any atom is 0.161 e. The first kappa shape index (κ1) is 31.9. The molecule has 5 aliphatic carbocycles. The number of thiophene rings is 1. The molecule has 4 bridgehead atoms. The van der Waals surface area contributed by atoms with E-state index in [1.165, 1.54) is 85.9 Å². The van der Waals surface area contributed by atoms with Gasteiger partial charge in [0.25, 0.3) is 0 Å². The Balaban J connectivity index is 1.05. The molecule has 5 aliphatic rings. The smallest absolute Gasteiger partial charge is 0.161 e. The van der Waals surface area contributed by atoms with Gasteiger partial charge >= 0.3 is 0 Å². The first-order valence-electron chi connectivity index (χ1n) is 21.2. The normalized spacial score (nSPS) is 22.9. The molecule has 3 aromatic heterocycles. The summed E-state index contributed by atoms with van der Waals surface area (Å²) >= 11 is 1.76. The molecule has 0 amide bonds. The highest BCUT2D eigenvalue weighted by molar-refractivity contribution is 7.25. The molecule has 10 aromatic rings. The Kier molecular flexibility index (Phi) is 6.34. The van der Waals surface area contributed by atoms with Crippen molar-refractivity contribution in [1.29, 1.82) is 0 Å². The van der Waals surface area contributed by atoms with Crippen LogP contribution in [0.5, 0.6) is 0 Å². The summed E-state index contributed by atoms with van der Waals surface area (Å²) in [7, 11) is 0. The van der Waals surface area contributed by atoms with Gasteiger partial charge in [-0.3, -0.25) is 0 Å². The predicted molar refractivity (Wildman–Crippen MR) is 241 cm³/mol. The van der Waals surface area contributed by atoms with Crippen molar-refractivity contribution in [3.8, 4) is 39.5 Å². The highest BCUT2D eigenvalue weighted by Gasteiger charge is 2.62. The van der Waals surface area contributed by atoms with Crippen LogP contribution < -0.4 is 0 Å². The second-order valence-corrected chi connectivity index (χ2v) is 18.8. The minimum absolute atomic E-state index is 0.0623. The van der Waals surface area contributed by atoms with Crippen LogP contribution >= 0.6 is 11.3 Å². The van der Waals surface area contributed by atoms with Crippen LogP contribution in [-0.2, 0) is 5.41 Å². The summed E-state index contributed by atoms with van der Waals surface area (Å²) in [5, 5.41) is 7.74. The summed E-state index contributed by atoms with van der Waals surface area (Å²) in [4.78, 5) is 11.8. The van der Waals surface area contributed by atoms with Gasteiger partial charge in [-0.05, 0) is 125 Å². The van der Waals surface area contributed by atoms with Gasteiger partial charge in [0.1, 0.15) is 4.83 Å². The minimum atomic E-state index is 0.0623. The Morgan fingerprint density at radius 2 is 1.26 bits per heavy atom. The summed E-state index contributed by atoms with van der Waals surface area (Å²) in [6, 6.07) is 56.6. The van der Waals surface area contributed by atoms with Crippen molar-refractivity contribution in [2.45, 2.75) is 37.5 Å². The zero-order valence-electron chi connectivity index (χ0n) is 32.0. The van der Waals surface area contributed by atoms with Crippen LogP contribution in [0.3, 0.4) is 0 Å². The zero-order valence-corrected chi connectivity index (χ0v) is 32.8. The first-order valence-corrected chi connectivity index (χ1v) is 22.0. The Bertz CT molecular complexity index is 3340. The van der Waals surface area contributed by atoms with Crippen LogP contribution in [0.4, 0.5) is 0 Å². The lowest BCUT2D eigenvalue weighted by atomic mass is 9.43. The maximum atomic E-state index is 5.41. The molecule has 4 saturated carbocycles. The lowest BCUT2D eigenvalue weighted by molar-refractivity contribution is -0.0393. The Labute approximate surface area is 340 Å². The molecule has 276 valence electrons. The summed E-state index contributed by atoms with van der Waals surface area (Å²) in [5.41, 5.74) is 13.1. The van der Waals surface area contributed by atoms with Gasteiger partial charge in [-0.2, -0.15) is 0 Å². The van der Waals surface area contributed by atoms with Gasteiger partial charge in [0.05, 0.1) is 16.7 Å². The second-order valence-electron chi connectivity index (χ2n) is 17.7. The fourth-order valence-electron chi connectivity index (χ4n) is 13.1. The first-order chi connectivity index (χ1) is 28.7. The Hall–Kier alpha value is -6.10. The average Bonchev–Trinajstić information content (AvgIpc) is 3.90. The minimum Gasteiger partial charge on any atom is -0.309 e. The van der Waals surface area contributed by atoms with Gasteiger partial charge in [-0.1, -0.05) is 115 Å². The van der Waals surface area contributed by atoms with Crippen molar-refractivity contribution in [2.75, 3.05) is 0 Å². The van der Waals surface area contributed by atoms with Gasteiger partial charge in [0.2, 0.25) is 0 Å². The molecule has 15 rings (SSSR count). The molecule has 0 atom stereocenters. The van der Waals surface area contributed by atoms with Crippen LogP contribution in [0, 0.1) is 23.7 Å². The topological polar surface area (TPSA) is 30.7 Å². The van der Waals surface area contributed by atoms with Crippen molar-refractivity contribution in [3.63, 3.8) is 0 Å². The molecule has 0 radical (unpaired) electrons. The molecular formula is C54H39N3S. The van der Waals surface area contributed by atoms with Crippen LogP contribution in [0.25, 0.3) is 92.3 Å². The molecule has 4 heteroatoms. The summed E-state index contributed by atoms with van der Waals surface area (Å²) in [6.07, 6.45) is 6.94. The van der Waals surface area contributed by atoms with E-state index in [4.69, 9.17) is 9.97 Å². The highest BCUT2D eigenvalue weighted by atomic mass is 32.1. The highest BCUT2D eigenvalue weighted by Crippen LogP contribution is 2.70. The van der Waals surface area contributed by atoms with Crippen molar-refractivity contribution < 1.29 is 0 Å². The van der Waals surface area contributed by atoms with Crippen LogP contribution in [-0.4, -0.2) is 14.5 Å². The number of nitrogens with zero attached hydrogens (tertiary/aromatic N) is 3. The van der Waals surface area contributed by atoms with E-state index in [-0.39, 0.29) is 5.41 Å². The van der Waals surface area contributed by atoms with E-state index < -0.39 is 0 Å². The third kappa shape index (κ3) is 4.13. The molecule has 58 heavy (non-hydrogen) atoms. The lowest BCUT2D eigenvalue weighted by Gasteiger charge is -2.61. The van der Waals surface area contributed by atoms with Crippen LogP contribution in [0.15, 0.2) is 152 Å². The Morgan fingerprint density at radius 1 is 0.534 bits per heavy atom. The molecule has 1 spiro atoms. The fourth-order valence-corrected chi connectivity index (χ4v) is 14.1. The zero-order chi connectivity index (χ0) is 37.7. The fraction of sp³-hybridized carbons (Fsp3) is 0.185. The molecule has 7 aromatic carbocycles. The lowest BCUT2D eigenvalue weighted by Crippen LogP contribution is -2.55. The van der Waals surface area contributed by atoms with Crippen molar-refractivity contribution in [1.82, 2.24) is 14.5 Å². The molecule has 4 fully saturated rings. The van der Waals surface area contributed by atoms with Gasteiger partial charge in [0, 0.05) is 48.5 Å². The molecule has 0 N–H and O–H groups in total. The number of aromatic nitrogens is 3. The van der Waals surface area contributed by atoms with Crippen molar-refractivity contribution >= 4 is 64.2 Å². The SMILES string of the molecule is c1ccc(-c2nc(-c3cccc(-n4c5cc6ccccc6cc5c5c6c(ccc54)-c4ccccc4C64C5CC6CC(C5)CC4C6)c3)nc3sc4ccccc4c23)cc1. The molecule has 3 heterocycles. The number of fused-ring (bicyclic) bond motifs is 11. The Morgan fingerprint density at radius 3 is 2.10 bits per heavy atom. The summed E-state index contributed by atoms with van der Waals surface area (Å²) in [5.74, 6) is 3.94. The number of benzene rings is 7. The van der Waals surface area contributed by atoms with E-state index in [9.17, 15) is 0 Å². The average molecular weight is 762 g/mol. The van der Waals surface area contributed by atoms with E-state index in [2.05, 4.69) is 156 Å². The number of hydrogen-bond acceptors (Lipinski definition) is 3. The third-order valence-corrected chi connectivity index (χ3v) is 16.0. The molecule has 0 aliphatic heterocycles. The van der Waals surface area contributed by atoms with E-state index in [0.717, 1.165) is 50.4 Å². The third-order valence-electron chi connectivity index (χ3n) is 14.9. The van der Waals surface area contributed by atoms with Gasteiger partial charge < -0.3 is 4.57 Å². The van der Waals surface area contributed by atoms with Gasteiger partial charge in [-0.25, -0.2) is 9.97 Å². The van der Waals surface area contributed by atoms with E-state index >= 15 is 0 Å². The van der Waals surface area contributed by atoms with E-state index in [1.807, 2.05) is 0 Å². The second kappa shape index (κ2) is 11.5. The van der Waals surface area contributed by atoms with E-state index in [0.29, 0.717) is 11.8 Å². The quantitative estimate of drug-likeness (QED) is 0.179. The standard InChI is InChI=1S/C54H39N3S/c1-2-11-33(12-3-1)51-49-42-18-7-9-20-47(42)58-53(49)56-52(55-51)36-15-10-16-39(28-36)57-45-22-21-41-40-17-6-8-19-44(40)54(37-24-31-23-32(26-37)27-38(54)25-31)50(41)48(45)43-29-34-13-4-5-14-35(34)30-46(43)57/h1-22,28-32,37-38H,23-27H2. The van der Waals surface area contributed by atoms with Gasteiger partial charge in [0.15, 0.2) is 5.82 Å². The largest absolute Gasteiger partial charge is 0.309 e. The van der Waals surface area contributed by atoms with Crippen LogP contribution in [0.1, 0.15) is 43.2 Å². The van der Waals surface area contributed by atoms with Crippen molar-refractivity contribution in [3.05, 3.63) is 163 Å². The predicted octanol–water partition coefficient (Wildman–Crippen LogP) is 14.2. The maximum absolute atomic E-state index is 5.41. The van der Waals surface area contributed by atoms with Crippen LogP contribution in [0.2, 0.25) is 0 Å². The molecule has 0 saturated heterocycles.